The molecule has 0 amide bonds. The van der Waals surface area contributed by atoms with Crippen LogP contribution >= 0.6 is 62.3 Å². The largest absolute Gasteiger partial charge is 0.285 e. The maximum Gasteiger partial charge on any atom is 0.209 e. The minimum atomic E-state index is -0.502. The molecule has 0 saturated carbocycles. The van der Waals surface area contributed by atoms with Gasteiger partial charge in [0, 0.05) is 11.5 Å². The summed E-state index contributed by atoms with van der Waals surface area (Å²) >= 11 is 16.3. The molecule has 0 aliphatic rings. The highest BCUT2D eigenvalue weighted by Gasteiger charge is 2.21. The molecule has 2 nitrogen and oxygen atoms in total. The van der Waals surface area contributed by atoms with Gasteiger partial charge in [0.1, 0.15) is 0 Å². The van der Waals surface area contributed by atoms with Crippen molar-refractivity contribution in [2.24, 2.45) is 0 Å². The topological polar surface area (TPSA) is 34.1 Å². The molecule has 13 heavy (non-hydrogen) atoms. The van der Waals surface area contributed by atoms with Gasteiger partial charge in [0.15, 0.2) is 0 Å². The summed E-state index contributed by atoms with van der Waals surface area (Å²) < 4.78 is 0. The molecular weight excluding hydrogens is 264 g/mol. The Balaban J connectivity index is 3.99. The predicted octanol–water partition coefficient (Wildman–Crippen LogP) is 1.23. The van der Waals surface area contributed by atoms with Crippen molar-refractivity contribution in [3.8, 4) is 0 Å². The van der Waals surface area contributed by atoms with Gasteiger partial charge < -0.3 is 0 Å². The number of carbonyl (C=O) groups excluding carboxylic acids is 2. The predicted molar refractivity (Wildman–Crippen MR) is 70.9 cm³/mol. The zero-order valence-corrected chi connectivity index (χ0v) is 11.0. The van der Waals surface area contributed by atoms with E-state index in [0.717, 1.165) is 0 Å². The van der Waals surface area contributed by atoms with Crippen LogP contribution < -0.4 is 0 Å². The molecule has 76 valence electrons. The van der Waals surface area contributed by atoms with E-state index >= 15 is 0 Å². The minimum absolute atomic E-state index is 0.288. The van der Waals surface area contributed by atoms with E-state index in [0.29, 0.717) is 23.3 Å². The van der Waals surface area contributed by atoms with Gasteiger partial charge >= 0.3 is 0 Å². The van der Waals surface area contributed by atoms with E-state index in [-0.39, 0.29) is 10.2 Å². The van der Waals surface area contributed by atoms with Gasteiger partial charge in [-0.3, -0.25) is 9.59 Å². The van der Waals surface area contributed by atoms with Crippen molar-refractivity contribution in [3.05, 3.63) is 0 Å². The molecule has 0 aromatic heterocycles. The second kappa shape index (κ2) is 7.39. The van der Waals surface area contributed by atoms with Crippen LogP contribution in [0.15, 0.2) is 0 Å². The van der Waals surface area contributed by atoms with Gasteiger partial charge in [0.25, 0.3) is 0 Å². The van der Waals surface area contributed by atoms with Crippen LogP contribution in [0.1, 0.15) is 0 Å². The average Bonchev–Trinajstić information content (AvgIpc) is 2.14. The van der Waals surface area contributed by atoms with E-state index in [1.165, 1.54) is 0 Å². The fourth-order valence-corrected chi connectivity index (χ4v) is 1.92. The first-order valence-electron chi connectivity index (χ1n) is 3.36. The first-order chi connectivity index (χ1) is 6.02. The summed E-state index contributed by atoms with van der Waals surface area (Å²) in [6, 6.07) is 0. The molecule has 0 aromatic carbocycles. The minimum Gasteiger partial charge on any atom is -0.285 e. The SMILES string of the molecule is O=C(SC(=O)C(S)CS)C(S)CS. The number of hydrogen-bond acceptors (Lipinski definition) is 7. The van der Waals surface area contributed by atoms with Crippen molar-refractivity contribution in [1.82, 2.24) is 0 Å². The molecule has 0 fully saturated rings. The van der Waals surface area contributed by atoms with E-state index in [2.05, 4.69) is 50.5 Å². The monoisotopic (exact) mass is 274 g/mol. The van der Waals surface area contributed by atoms with Gasteiger partial charge in [-0.1, -0.05) is 0 Å². The molecular formula is C6H10O2S5. The highest BCUT2D eigenvalue weighted by atomic mass is 32.2. The first-order valence-corrected chi connectivity index (χ1v) is 6.47. The molecule has 0 saturated heterocycles. The molecule has 0 aliphatic heterocycles. The Kier molecular flexibility index (Phi) is 8.01. The normalized spacial score (nSPS) is 15.1. The fraction of sp³-hybridized carbons (Fsp3) is 0.667. The van der Waals surface area contributed by atoms with E-state index in [1.54, 1.807) is 0 Å². The van der Waals surface area contributed by atoms with Crippen molar-refractivity contribution in [3.63, 3.8) is 0 Å². The van der Waals surface area contributed by atoms with Crippen molar-refractivity contribution < 1.29 is 9.59 Å². The highest BCUT2D eigenvalue weighted by Crippen LogP contribution is 2.17. The van der Waals surface area contributed by atoms with E-state index in [9.17, 15) is 9.59 Å². The van der Waals surface area contributed by atoms with Crippen molar-refractivity contribution in [1.29, 1.82) is 0 Å². The summed E-state index contributed by atoms with van der Waals surface area (Å²) in [4.78, 5) is 22.3. The first kappa shape index (κ1) is 14.1. The van der Waals surface area contributed by atoms with E-state index in [1.807, 2.05) is 0 Å². The molecule has 0 heterocycles. The molecule has 0 rings (SSSR count). The van der Waals surface area contributed by atoms with Crippen molar-refractivity contribution >= 4 is 72.5 Å². The number of carbonyl (C=O) groups is 2. The lowest BCUT2D eigenvalue weighted by Crippen LogP contribution is -2.20. The third-order valence-electron chi connectivity index (χ3n) is 1.09. The lowest BCUT2D eigenvalue weighted by Gasteiger charge is -2.07. The quantitative estimate of drug-likeness (QED) is 0.582. The average molecular weight is 274 g/mol. The lowest BCUT2D eigenvalue weighted by atomic mass is 10.5. The molecule has 0 aromatic rings. The van der Waals surface area contributed by atoms with Gasteiger partial charge in [-0.2, -0.15) is 50.5 Å². The standard InChI is InChI=1S/C6H10O2S5/c7-5(3(11)1-9)13-6(8)4(12)2-10/h3-4,9-12H,1-2H2. The van der Waals surface area contributed by atoms with Crippen LogP contribution in [0, 0.1) is 0 Å². The third-order valence-corrected chi connectivity index (χ3v) is 4.55. The number of rotatable bonds is 4. The molecule has 0 radical (unpaired) electrons. The summed E-state index contributed by atoms with van der Waals surface area (Å²) in [6.07, 6.45) is 0. The van der Waals surface area contributed by atoms with Gasteiger partial charge in [-0.05, 0) is 11.8 Å². The van der Waals surface area contributed by atoms with E-state index in [4.69, 9.17) is 0 Å². The maximum atomic E-state index is 11.2. The summed E-state index contributed by atoms with van der Waals surface area (Å²) in [7, 11) is 0. The molecule has 7 heteroatoms. The summed E-state index contributed by atoms with van der Waals surface area (Å²) in [5.41, 5.74) is 0. The summed E-state index contributed by atoms with van der Waals surface area (Å²) in [6.45, 7) is 0. The van der Waals surface area contributed by atoms with Crippen LogP contribution in [0.25, 0.3) is 0 Å². The Hall–Kier alpha value is 1.09. The van der Waals surface area contributed by atoms with Crippen LogP contribution in [0.5, 0.6) is 0 Å². The second-order valence-electron chi connectivity index (χ2n) is 2.14. The van der Waals surface area contributed by atoms with Gasteiger partial charge in [0.2, 0.25) is 10.2 Å². The fourth-order valence-electron chi connectivity index (χ4n) is 0.384. The molecule has 0 bridgehead atoms. The molecule has 2 atom stereocenters. The second-order valence-corrected chi connectivity index (χ2v) is 5.12. The van der Waals surface area contributed by atoms with E-state index < -0.39 is 10.5 Å². The van der Waals surface area contributed by atoms with Crippen molar-refractivity contribution in [2.75, 3.05) is 11.5 Å². The van der Waals surface area contributed by atoms with Crippen LogP contribution in [0.2, 0.25) is 0 Å². The maximum absolute atomic E-state index is 11.2. The highest BCUT2D eigenvalue weighted by molar-refractivity contribution is 8.27. The zero-order chi connectivity index (χ0) is 10.4. The Bertz CT molecular complexity index is 175. The number of thioether (sulfide) groups is 1. The Morgan fingerprint density at radius 3 is 1.54 bits per heavy atom. The van der Waals surface area contributed by atoms with Crippen molar-refractivity contribution in [2.45, 2.75) is 10.5 Å². The molecule has 2 unspecified atom stereocenters. The van der Waals surface area contributed by atoms with Crippen LogP contribution in [0.4, 0.5) is 0 Å². The third kappa shape index (κ3) is 5.51. The van der Waals surface area contributed by atoms with Gasteiger partial charge in [0.05, 0.1) is 10.5 Å². The zero-order valence-electron chi connectivity index (χ0n) is 6.58. The van der Waals surface area contributed by atoms with Gasteiger partial charge in [-0.25, -0.2) is 0 Å². The molecule has 0 aliphatic carbocycles. The Morgan fingerprint density at radius 1 is 1.00 bits per heavy atom. The van der Waals surface area contributed by atoms with Crippen LogP contribution in [-0.4, -0.2) is 32.2 Å². The summed E-state index contributed by atoms with van der Waals surface area (Å²) in [5, 5.41) is -1.58. The molecule has 0 N–H and O–H groups in total. The molecule has 0 spiro atoms. The Labute approximate surface area is 104 Å². The Morgan fingerprint density at radius 2 is 1.31 bits per heavy atom. The van der Waals surface area contributed by atoms with Gasteiger partial charge in [-0.15, -0.1) is 0 Å². The summed E-state index contributed by atoms with van der Waals surface area (Å²) in [5.74, 6) is 0.640. The lowest BCUT2D eigenvalue weighted by molar-refractivity contribution is -0.112. The number of hydrogen-bond donors (Lipinski definition) is 4. The van der Waals surface area contributed by atoms with Crippen LogP contribution in [-0.2, 0) is 9.59 Å². The number of thiol groups is 4. The van der Waals surface area contributed by atoms with Crippen LogP contribution in [0.3, 0.4) is 0 Å². The smallest absolute Gasteiger partial charge is 0.209 e.